The Morgan fingerprint density at radius 3 is 2.32 bits per heavy atom. The maximum atomic E-state index is 10.1. The van der Waals surface area contributed by atoms with E-state index in [0.29, 0.717) is 23.6 Å². The summed E-state index contributed by atoms with van der Waals surface area (Å²) in [4.78, 5) is 13.6. The Bertz CT molecular complexity index is 633. The molecule has 0 unspecified atom stereocenters. The molecule has 0 aliphatic heterocycles. The van der Waals surface area contributed by atoms with Gasteiger partial charge in [-0.15, -0.1) is 0 Å². The first-order chi connectivity index (χ1) is 9.31. The van der Waals surface area contributed by atoms with E-state index in [9.17, 15) is 4.79 Å². The third-order valence-electron chi connectivity index (χ3n) is 2.50. The fraction of sp³-hybridized carbons (Fsp3) is 0.0667. The van der Waals surface area contributed by atoms with Crippen LogP contribution >= 0.6 is 0 Å². The summed E-state index contributed by atoms with van der Waals surface area (Å²) < 4.78 is 5.57. The highest BCUT2D eigenvalue weighted by molar-refractivity contribution is 5.49. The molecule has 4 heteroatoms. The lowest BCUT2D eigenvalue weighted by Crippen LogP contribution is -1.94. The first-order valence-corrected chi connectivity index (χ1v) is 5.61. The molecule has 2 aromatic carbocycles. The third-order valence-corrected chi connectivity index (χ3v) is 2.50. The normalized spacial score (nSPS) is 9.21. The average molecular weight is 250 g/mol. The third kappa shape index (κ3) is 3.53. The molecule has 92 valence electrons. The van der Waals surface area contributed by atoms with Crippen LogP contribution in [-0.2, 0) is 11.4 Å². The average Bonchev–Trinajstić information content (AvgIpc) is 2.47. The lowest BCUT2D eigenvalue weighted by Gasteiger charge is -2.06. The minimum absolute atomic E-state index is 0.414. The van der Waals surface area contributed by atoms with Crippen LogP contribution in [0.25, 0.3) is 0 Å². The number of rotatable bonds is 4. The molecule has 0 radical (unpaired) electrons. The molecule has 2 rings (SSSR count). The molecule has 0 aliphatic carbocycles. The van der Waals surface area contributed by atoms with Crippen LogP contribution in [-0.4, -0.2) is 6.08 Å². The van der Waals surface area contributed by atoms with Crippen molar-refractivity contribution in [3.8, 4) is 11.8 Å². The topological polar surface area (TPSA) is 62.4 Å². The number of nitriles is 1. The molecule has 0 aromatic heterocycles. The van der Waals surface area contributed by atoms with Crippen molar-refractivity contribution in [2.75, 3.05) is 0 Å². The van der Waals surface area contributed by atoms with E-state index in [1.165, 1.54) is 6.08 Å². The molecule has 2 aromatic rings. The van der Waals surface area contributed by atoms with Gasteiger partial charge >= 0.3 is 0 Å². The fourth-order valence-electron chi connectivity index (χ4n) is 1.51. The van der Waals surface area contributed by atoms with Crippen molar-refractivity contribution in [3.63, 3.8) is 0 Å². The molecule has 0 spiro atoms. The van der Waals surface area contributed by atoms with E-state index in [1.54, 1.807) is 36.4 Å². The number of isocyanates is 1. The van der Waals surface area contributed by atoms with Gasteiger partial charge in [0.1, 0.15) is 12.4 Å². The monoisotopic (exact) mass is 250 g/mol. The summed E-state index contributed by atoms with van der Waals surface area (Å²) in [5, 5.41) is 8.68. The highest BCUT2D eigenvalue weighted by Crippen LogP contribution is 2.16. The van der Waals surface area contributed by atoms with Gasteiger partial charge in [0.25, 0.3) is 0 Å². The zero-order chi connectivity index (χ0) is 13.5. The molecule has 19 heavy (non-hydrogen) atoms. The van der Waals surface area contributed by atoms with Crippen molar-refractivity contribution in [3.05, 3.63) is 59.7 Å². The first kappa shape index (κ1) is 12.6. The molecule has 0 heterocycles. The zero-order valence-corrected chi connectivity index (χ0v) is 10.0. The van der Waals surface area contributed by atoms with E-state index >= 15 is 0 Å². The van der Waals surface area contributed by atoms with Crippen LogP contribution in [0.2, 0.25) is 0 Å². The van der Waals surface area contributed by atoms with Crippen molar-refractivity contribution in [1.82, 2.24) is 0 Å². The summed E-state index contributed by atoms with van der Waals surface area (Å²) in [6.07, 6.45) is 1.49. The Morgan fingerprint density at radius 2 is 1.74 bits per heavy atom. The van der Waals surface area contributed by atoms with Gasteiger partial charge in [0.2, 0.25) is 6.08 Å². The Morgan fingerprint density at radius 1 is 1.05 bits per heavy atom. The Labute approximate surface area is 110 Å². The van der Waals surface area contributed by atoms with Crippen LogP contribution in [0.1, 0.15) is 11.1 Å². The number of benzene rings is 2. The summed E-state index contributed by atoms with van der Waals surface area (Å²) in [5.41, 5.74) is 2.13. The molecule has 4 nitrogen and oxygen atoms in total. The summed E-state index contributed by atoms with van der Waals surface area (Å²) in [6, 6.07) is 16.1. The summed E-state index contributed by atoms with van der Waals surface area (Å²) in [7, 11) is 0. The molecular weight excluding hydrogens is 240 g/mol. The van der Waals surface area contributed by atoms with Crippen molar-refractivity contribution < 1.29 is 9.53 Å². The van der Waals surface area contributed by atoms with Crippen LogP contribution < -0.4 is 4.74 Å². The minimum atomic E-state index is 0.414. The van der Waals surface area contributed by atoms with Crippen molar-refractivity contribution in [1.29, 1.82) is 5.26 Å². The number of aliphatic imine (C=N–C) groups is 1. The van der Waals surface area contributed by atoms with Crippen LogP contribution in [0, 0.1) is 11.3 Å². The van der Waals surface area contributed by atoms with E-state index in [1.807, 2.05) is 18.2 Å². The van der Waals surface area contributed by atoms with Gasteiger partial charge in [-0.2, -0.15) is 10.3 Å². The molecule has 0 amide bonds. The smallest absolute Gasteiger partial charge is 0.240 e. The number of ether oxygens (including phenoxy) is 1. The number of hydrogen-bond acceptors (Lipinski definition) is 4. The summed E-state index contributed by atoms with van der Waals surface area (Å²) >= 11 is 0. The van der Waals surface area contributed by atoms with Gasteiger partial charge in [0, 0.05) is 0 Å². The maximum absolute atomic E-state index is 10.1. The van der Waals surface area contributed by atoms with Crippen LogP contribution in [0.15, 0.2) is 53.5 Å². The Hall–Kier alpha value is -2.89. The van der Waals surface area contributed by atoms with Gasteiger partial charge < -0.3 is 4.74 Å². The van der Waals surface area contributed by atoms with E-state index in [0.717, 1.165) is 5.56 Å². The van der Waals surface area contributed by atoms with Crippen molar-refractivity contribution in [2.24, 2.45) is 4.99 Å². The van der Waals surface area contributed by atoms with Gasteiger partial charge in [-0.25, -0.2) is 4.79 Å². The molecule has 0 saturated heterocycles. The predicted molar refractivity (Wildman–Crippen MR) is 69.7 cm³/mol. The number of hydrogen-bond donors (Lipinski definition) is 0. The van der Waals surface area contributed by atoms with Crippen molar-refractivity contribution in [2.45, 2.75) is 6.61 Å². The molecule has 0 fully saturated rings. The quantitative estimate of drug-likeness (QED) is 0.618. The molecule has 0 atom stereocenters. The summed E-state index contributed by atoms with van der Waals surface area (Å²) in [6.45, 7) is 0.414. The van der Waals surface area contributed by atoms with Gasteiger partial charge in [0.05, 0.1) is 17.3 Å². The van der Waals surface area contributed by atoms with Crippen LogP contribution in [0.4, 0.5) is 5.69 Å². The highest BCUT2D eigenvalue weighted by Gasteiger charge is 1.97. The SMILES string of the molecule is N#Cc1ccc(OCc2ccc(N=C=O)cc2)cc1. The molecule has 0 saturated carbocycles. The first-order valence-electron chi connectivity index (χ1n) is 5.61. The molecule has 0 N–H and O–H groups in total. The molecule has 0 bridgehead atoms. The zero-order valence-electron chi connectivity index (χ0n) is 10.0. The Kier molecular flexibility index (Phi) is 4.07. The lowest BCUT2D eigenvalue weighted by molar-refractivity contribution is 0.306. The number of nitrogens with zero attached hydrogens (tertiary/aromatic N) is 2. The lowest BCUT2D eigenvalue weighted by atomic mass is 10.2. The predicted octanol–water partition coefficient (Wildman–Crippen LogP) is 3.10. The Balaban J connectivity index is 1.98. The van der Waals surface area contributed by atoms with Gasteiger partial charge in [0.15, 0.2) is 0 Å². The van der Waals surface area contributed by atoms with Crippen LogP contribution in [0.5, 0.6) is 5.75 Å². The fourth-order valence-corrected chi connectivity index (χ4v) is 1.51. The summed E-state index contributed by atoms with van der Waals surface area (Å²) in [5.74, 6) is 0.703. The largest absolute Gasteiger partial charge is 0.489 e. The second-order valence-corrected chi connectivity index (χ2v) is 3.79. The van der Waals surface area contributed by atoms with E-state index in [2.05, 4.69) is 4.99 Å². The van der Waals surface area contributed by atoms with E-state index in [4.69, 9.17) is 10.00 Å². The van der Waals surface area contributed by atoms with Gasteiger partial charge in [-0.05, 0) is 42.0 Å². The van der Waals surface area contributed by atoms with Gasteiger partial charge in [-0.3, -0.25) is 0 Å². The van der Waals surface area contributed by atoms with E-state index < -0.39 is 0 Å². The second kappa shape index (κ2) is 6.15. The van der Waals surface area contributed by atoms with Gasteiger partial charge in [-0.1, -0.05) is 12.1 Å². The molecule has 0 aliphatic rings. The molecular formula is C15H10N2O2. The highest BCUT2D eigenvalue weighted by atomic mass is 16.5. The van der Waals surface area contributed by atoms with E-state index in [-0.39, 0.29) is 0 Å². The standard InChI is InChI=1S/C15H10N2O2/c16-9-12-3-7-15(8-4-12)19-10-13-1-5-14(6-2-13)17-11-18/h1-8H,10H2. The number of carbonyl (C=O) groups excluding carboxylic acids is 1. The van der Waals surface area contributed by atoms with Crippen LogP contribution in [0.3, 0.4) is 0 Å². The second-order valence-electron chi connectivity index (χ2n) is 3.79. The minimum Gasteiger partial charge on any atom is -0.489 e. The maximum Gasteiger partial charge on any atom is 0.240 e. The van der Waals surface area contributed by atoms with Crippen molar-refractivity contribution >= 4 is 11.8 Å².